The van der Waals surface area contributed by atoms with E-state index >= 15 is 4.39 Å². The van der Waals surface area contributed by atoms with Gasteiger partial charge in [0.15, 0.2) is 21.3 Å². The van der Waals surface area contributed by atoms with Gasteiger partial charge in [-0.05, 0) is 45.4 Å². The van der Waals surface area contributed by atoms with Crippen molar-refractivity contribution >= 4 is 21.2 Å². The first-order valence-electron chi connectivity index (χ1n) is 12.2. The molecule has 0 bridgehead atoms. The highest BCUT2D eigenvalue weighted by Crippen LogP contribution is 2.38. The zero-order valence-electron chi connectivity index (χ0n) is 21.6. The van der Waals surface area contributed by atoms with Crippen LogP contribution in [0.25, 0.3) is 28.4 Å². The van der Waals surface area contributed by atoms with Gasteiger partial charge in [0.1, 0.15) is 5.83 Å². The number of allylic oxidation sites excluding steroid dienone is 3. The normalized spacial score (nSPS) is 18.8. The first kappa shape index (κ1) is 27.6. The maximum atomic E-state index is 15.1. The third-order valence-corrected chi connectivity index (χ3v) is 8.56. The Morgan fingerprint density at radius 2 is 1.87 bits per heavy atom. The molecule has 0 radical (unpaired) electrons. The Labute approximate surface area is 220 Å². The van der Waals surface area contributed by atoms with Crippen molar-refractivity contribution < 1.29 is 22.3 Å². The van der Waals surface area contributed by atoms with Crippen LogP contribution in [0.15, 0.2) is 57.8 Å². The van der Waals surface area contributed by atoms with Gasteiger partial charge >= 0.3 is 0 Å². The van der Waals surface area contributed by atoms with Crippen molar-refractivity contribution in [1.29, 1.82) is 0 Å². The molecule has 10 nitrogen and oxygen atoms in total. The van der Waals surface area contributed by atoms with Crippen LogP contribution < -0.4 is 11.1 Å². The average Bonchev–Trinajstić information content (AvgIpc) is 3.37. The summed E-state index contributed by atoms with van der Waals surface area (Å²) in [6.45, 7) is 7.50. The molecule has 4 rings (SSSR count). The lowest BCUT2D eigenvalue weighted by atomic mass is 9.81. The molecular formula is C26H31FN6O4S. The van der Waals surface area contributed by atoms with E-state index in [0.29, 0.717) is 24.2 Å². The molecule has 1 aliphatic carbocycles. The number of anilines is 1. The number of hydrogen-bond donors (Lipinski definition) is 3. The van der Waals surface area contributed by atoms with Crippen molar-refractivity contribution in [3.63, 3.8) is 0 Å². The lowest BCUT2D eigenvalue weighted by Gasteiger charge is -2.29. The van der Waals surface area contributed by atoms with E-state index < -0.39 is 26.3 Å². The maximum Gasteiger partial charge on any atom is 0.270 e. The molecular weight excluding hydrogens is 511 g/mol. The number of nitrogens with two attached hydrogens (primary N) is 1. The van der Waals surface area contributed by atoms with E-state index in [1.807, 2.05) is 13.8 Å². The fourth-order valence-corrected chi connectivity index (χ4v) is 4.93. The fraction of sp³-hybridized carbons (Fsp3) is 0.385. The molecule has 12 heteroatoms. The highest BCUT2D eigenvalue weighted by Gasteiger charge is 2.30. The van der Waals surface area contributed by atoms with Crippen LogP contribution in [-0.2, 0) is 9.84 Å². The second-order valence-electron chi connectivity index (χ2n) is 9.95. The molecule has 0 amide bonds. The van der Waals surface area contributed by atoms with Crippen molar-refractivity contribution in [1.82, 2.24) is 25.5 Å². The Bertz CT molecular complexity index is 1480. The van der Waals surface area contributed by atoms with Gasteiger partial charge in [-0.25, -0.2) is 22.8 Å². The maximum absolute atomic E-state index is 15.1. The van der Waals surface area contributed by atoms with Crippen LogP contribution in [0.5, 0.6) is 0 Å². The molecule has 2 aromatic heterocycles. The fourth-order valence-electron chi connectivity index (χ4n) is 3.87. The van der Waals surface area contributed by atoms with Gasteiger partial charge in [0.2, 0.25) is 0 Å². The lowest BCUT2D eigenvalue weighted by Crippen LogP contribution is -2.38. The first-order valence-corrected chi connectivity index (χ1v) is 13.7. The third-order valence-electron chi connectivity index (χ3n) is 6.39. The van der Waals surface area contributed by atoms with E-state index in [1.165, 1.54) is 24.4 Å². The topological polar surface area (TPSA) is 157 Å². The molecule has 0 saturated heterocycles. The van der Waals surface area contributed by atoms with Crippen LogP contribution in [-0.4, -0.2) is 58.1 Å². The summed E-state index contributed by atoms with van der Waals surface area (Å²) in [6.07, 6.45) is 5.20. The zero-order valence-corrected chi connectivity index (χ0v) is 22.5. The quantitative estimate of drug-likeness (QED) is 0.365. The number of nitrogens with zero attached hydrogens (tertiary/aromatic N) is 4. The Balaban J connectivity index is 1.57. The Kier molecular flexibility index (Phi) is 7.77. The minimum atomic E-state index is -3.41. The summed E-state index contributed by atoms with van der Waals surface area (Å²) in [5.74, 6) is -0.474. The Morgan fingerprint density at radius 1 is 1.18 bits per heavy atom. The molecule has 2 atom stereocenters. The number of aromatic nitrogens is 4. The largest absolute Gasteiger partial charge is 0.414 e. The summed E-state index contributed by atoms with van der Waals surface area (Å²) in [6, 6.07) is 6.22. The first-order chi connectivity index (χ1) is 17.9. The summed E-state index contributed by atoms with van der Waals surface area (Å²) >= 11 is 0. The highest BCUT2D eigenvalue weighted by atomic mass is 32.2. The second kappa shape index (κ2) is 10.7. The lowest BCUT2D eigenvalue weighted by molar-refractivity contribution is 0.238. The van der Waals surface area contributed by atoms with E-state index in [1.54, 1.807) is 32.1 Å². The van der Waals surface area contributed by atoms with E-state index in [9.17, 15) is 13.5 Å². The van der Waals surface area contributed by atoms with Crippen molar-refractivity contribution in [3.8, 4) is 22.8 Å². The molecule has 0 fully saturated rings. The summed E-state index contributed by atoms with van der Waals surface area (Å²) in [4.78, 5) is 8.89. The third kappa shape index (κ3) is 5.66. The van der Waals surface area contributed by atoms with Crippen LogP contribution in [0.4, 0.5) is 10.2 Å². The van der Waals surface area contributed by atoms with E-state index in [0.717, 1.165) is 0 Å². The summed E-state index contributed by atoms with van der Waals surface area (Å²) in [5, 5.41) is 19.9. The van der Waals surface area contributed by atoms with Crippen LogP contribution >= 0.6 is 0 Å². The van der Waals surface area contributed by atoms with Crippen molar-refractivity contribution in [3.05, 3.63) is 54.3 Å². The Hall–Kier alpha value is -3.48. The minimum Gasteiger partial charge on any atom is -0.414 e. The number of sulfone groups is 1. The average molecular weight is 543 g/mol. The SMILES string of the molecule is CC(C)S(=O)(=O)c1ccc(-c2cnc(N)c(-c3nnc(C4=CCC(C)(CN[C@H](C)CO)C=C4F)o3)n2)cc1. The van der Waals surface area contributed by atoms with E-state index in [2.05, 4.69) is 25.5 Å². The predicted octanol–water partition coefficient (Wildman–Crippen LogP) is 3.58. The number of benzene rings is 1. The van der Waals surface area contributed by atoms with Gasteiger partial charge in [-0.15, -0.1) is 10.2 Å². The van der Waals surface area contributed by atoms with E-state index in [-0.39, 0.29) is 46.4 Å². The molecule has 0 spiro atoms. The number of rotatable bonds is 9. The minimum absolute atomic E-state index is 0.00724. The number of nitrogen functional groups attached to an aromatic ring is 1. The molecule has 0 saturated carbocycles. The molecule has 1 aromatic carbocycles. The smallest absolute Gasteiger partial charge is 0.270 e. The Morgan fingerprint density at radius 3 is 2.50 bits per heavy atom. The molecule has 1 unspecified atom stereocenters. The van der Waals surface area contributed by atoms with Crippen molar-refractivity contribution in [2.75, 3.05) is 18.9 Å². The summed E-state index contributed by atoms with van der Waals surface area (Å²) < 4.78 is 45.6. The highest BCUT2D eigenvalue weighted by molar-refractivity contribution is 7.92. The predicted molar refractivity (Wildman–Crippen MR) is 142 cm³/mol. The van der Waals surface area contributed by atoms with Gasteiger partial charge in [-0.1, -0.05) is 25.1 Å². The monoisotopic (exact) mass is 542 g/mol. The number of aliphatic hydroxyl groups is 1. The number of hydrogen-bond acceptors (Lipinski definition) is 10. The molecule has 38 heavy (non-hydrogen) atoms. The van der Waals surface area contributed by atoms with Gasteiger partial charge in [0.25, 0.3) is 11.8 Å². The van der Waals surface area contributed by atoms with Gasteiger partial charge < -0.3 is 20.6 Å². The molecule has 0 aliphatic heterocycles. The molecule has 1 aliphatic rings. The van der Waals surface area contributed by atoms with E-state index in [4.69, 9.17) is 10.2 Å². The van der Waals surface area contributed by atoms with Crippen LogP contribution in [0.1, 0.15) is 40.0 Å². The van der Waals surface area contributed by atoms with Crippen LogP contribution in [0, 0.1) is 5.41 Å². The number of aliphatic hydroxyl groups excluding tert-OH is 1. The van der Waals surface area contributed by atoms with Crippen LogP contribution in [0.2, 0.25) is 0 Å². The summed E-state index contributed by atoms with van der Waals surface area (Å²) in [5.41, 5.74) is 6.91. The second-order valence-corrected chi connectivity index (χ2v) is 12.5. The number of halogens is 1. The van der Waals surface area contributed by atoms with Crippen molar-refractivity contribution in [2.45, 2.75) is 50.3 Å². The number of nitrogens with one attached hydrogen (secondary N) is 1. The summed E-state index contributed by atoms with van der Waals surface area (Å²) in [7, 11) is -3.41. The standard InChI is InChI=1S/C26H31FN6O4S/c1-15(2)38(35,36)18-7-5-17(6-8-18)21-12-29-23(28)22(31-21)25-33-32-24(37-25)19-9-10-26(4,11-20(19)27)14-30-16(3)13-34/h5-9,11-12,15-16,30,34H,10,13-14H2,1-4H3,(H2,28,29)/t16-,26?/m1/s1. The van der Waals surface area contributed by atoms with Gasteiger partial charge in [-0.3, -0.25) is 0 Å². The zero-order chi connectivity index (χ0) is 27.7. The van der Waals surface area contributed by atoms with Gasteiger partial charge in [0, 0.05) is 23.6 Å². The van der Waals surface area contributed by atoms with Gasteiger partial charge in [0.05, 0.1) is 34.2 Å². The van der Waals surface area contributed by atoms with Crippen molar-refractivity contribution in [2.24, 2.45) is 5.41 Å². The molecule has 3 aromatic rings. The van der Waals surface area contributed by atoms with Crippen LogP contribution in [0.3, 0.4) is 0 Å². The molecule has 4 N–H and O–H groups in total. The van der Waals surface area contributed by atoms with Gasteiger partial charge in [-0.2, -0.15) is 0 Å². The molecule has 2 heterocycles. The molecule has 202 valence electrons.